The van der Waals surface area contributed by atoms with Gasteiger partial charge in [0, 0.05) is 11.0 Å². The number of primary amides is 1. The zero-order valence-corrected chi connectivity index (χ0v) is 20.5. The summed E-state index contributed by atoms with van der Waals surface area (Å²) in [5.41, 5.74) is 4.43. The van der Waals surface area contributed by atoms with E-state index in [9.17, 15) is 18.4 Å². The molecule has 0 bridgehead atoms. The Bertz CT molecular complexity index is 1190. The highest BCUT2D eigenvalue weighted by Crippen LogP contribution is 2.24. The van der Waals surface area contributed by atoms with Gasteiger partial charge in [-0.3, -0.25) is 9.36 Å². The number of hydrogen-bond donors (Lipinski definition) is 1. The number of nitrogens with zero attached hydrogens (tertiary/aromatic N) is 3. The minimum Gasteiger partial charge on any atom is -0.482 e. The van der Waals surface area contributed by atoms with E-state index in [1.165, 1.54) is 15.7 Å². The first kappa shape index (κ1) is 25.6. The van der Waals surface area contributed by atoms with E-state index >= 15 is 0 Å². The molecule has 182 valence electrons. The lowest BCUT2D eigenvalue weighted by atomic mass is 10.1. The van der Waals surface area contributed by atoms with Gasteiger partial charge in [-0.05, 0) is 42.8 Å². The second-order valence-corrected chi connectivity index (χ2v) is 8.81. The largest absolute Gasteiger partial charge is 0.482 e. The summed E-state index contributed by atoms with van der Waals surface area (Å²) < 4.78 is 37.4. The summed E-state index contributed by atoms with van der Waals surface area (Å²) in [4.78, 5) is 24.5. The number of aromatic nitrogens is 3. The molecule has 1 aromatic heterocycles. The molecule has 34 heavy (non-hydrogen) atoms. The Morgan fingerprint density at radius 1 is 1.06 bits per heavy atom. The van der Waals surface area contributed by atoms with Crippen molar-refractivity contribution < 1.29 is 18.3 Å². The predicted molar refractivity (Wildman–Crippen MR) is 128 cm³/mol. The molecule has 10 heteroatoms. The first-order valence-corrected chi connectivity index (χ1v) is 12.0. The molecule has 0 radical (unpaired) electrons. The number of hydrogen-bond acceptors (Lipinski definition) is 4. The summed E-state index contributed by atoms with van der Waals surface area (Å²) >= 11 is 3.37. The van der Waals surface area contributed by atoms with E-state index in [1.807, 2.05) is 0 Å². The van der Waals surface area contributed by atoms with Crippen molar-refractivity contribution in [2.45, 2.75) is 58.6 Å². The molecule has 0 aliphatic heterocycles. The van der Waals surface area contributed by atoms with Gasteiger partial charge in [-0.25, -0.2) is 13.6 Å². The molecule has 2 N–H and O–H groups in total. The summed E-state index contributed by atoms with van der Waals surface area (Å²) in [6.45, 7) is 2.33. The van der Waals surface area contributed by atoms with Gasteiger partial charge in [-0.1, -0.05) is 55.0 Å². The van der Waals surface area contributed by atoms with Gasteiger partial charge in [0.15, 0.2) is 17.4 Å². The lowest BCUT2D eigenvalue weighted by Crippen LogP contribution is -2.25. The van der Waals surface area contributed by atoms with Gasteiger partial charge in [0.25, 0.3) is 5.91 Å². The SMILES string of the molecule is CCCCCCCCn1c(COc2ccc(F)c(C(N)=O)c2F)nn(-c2ccc(Br)cc2)c1=O. The minimum atomic E-state index is -1.24. The Balaban J connectivity index is 1.85. The van der Waals surface area contributed by atoms with Crippen LogP contribution in [0.4, 0.5) is 8.78 Å². The highest BCUT2D eigenvalue weighted by Gasteiger charge is 2.21. The van der Waals surface area contributed by atoms with Crippen LogP contribution in [0, 0.1) is 11.6 Å². The average molecular weight is 537 g/mol. The van der Waals surface area contributed by atoms with Crippen molar-refractivity contribution in [3.8, 4) is 11.4 Å². The normalized spacial score (nSPS) is 11.1. The van der Waals surface area contributed by atoms with Crippen LogP contribution in [-0.4, -0.2) is 20.3 Å². The fourth-order valence-corrected chi connectivity index (χ4v) is 3.85. The fourth-order valence-electron chi connectivity index (χ4n) is 3.58. The van der Waals surface area contributed by atoms with Gasteiger partial charge in [0.1, 0.15) is 18.0 Å². The number of carbonyl (C=O) groups excluding carboxylic acids is 1. The second kappa shape index (κ2) is 11.9. The van der Waals surface area contributed by atoms with Gasteiger partial charge in [0.05, 0.1) is 5.69 Å². The monoisotopic (exact) mass is 536 g/mol. The first-order valence-electron chi connectivity index (χ1n) is 11.2. The Labute approximate surface area is 204 Å². The van der Waals surface area contributed by atoms with Crippen molar-refractivity contribution in [1.82, 2.24) is 14.3 Å². The Kier molecular flexibility index (Phi) is 8.98. The van der Waals surface area contributed by atoms with Gasteiger partial charge >= 0.3 is 5.69 Å². The standard InChI is InChI=1S/C24H27BrF2N4O3/c1-2-3-4-5-6-7-14-30-20(29-31(24(30)33)17-10-8-16(25)9-11-17)15-34-19-13-12-18(26)21(22(19)27)23(28)32/h8-13H,2-7,14-15H2,1H3,(H2,28,32). The summed E-state index contributed by atoms with van der Waals surface area (Å²) in [6.07, 6.45) is 6.29. The highest BCUT2D eigenvalue weighted by molar-refractivity contribution is 9.10. The van der Waals surface area contributed by atoms with Crippen molar-refractivity contribution in [3.63, 3.8) is 0 Å². The van der Waals surface area contributed by atoms with Crippen molar-refractivity contribution in [2.75, 3.05) is 0 Å². The van der Waals surface area contributed by atoms with Crippen LogP contribution in [0.5, 0.6) is 5.75 Å². The summed E-state index contributed by atoms with van der Waals surface area (Å²) in [5.74, 6) is -3.57. The van der Waals surface area contributed by atoms with Crippen LogP contribution >= 0.6 is 15.9 Å². The van der Waals surface area contributed by atoms with Crippen LogP contribution in [0.2, 0.25) is 0 Å². The summed E-state index contributed by atoms with van der Waals surface area (Å²) in [6, 6.07) is 9.06. The quantitative estimate of drug-likeness (QED) is 0.325. The molecule has 1 amide bonds. The maximum absolute atomic E-state index is 14.6. The van der Waals surface area contributed by atoms with Crippen molar-refractivity contribution in [1.29, 1.82) is 0 Å². The molecule has 0 saturated heterocycles. The number of nitrogens with two attached hydrogens (primary N) is 1. The predicted octanol–water partition coefficient (Wildman–Crippen LogP) is 5.11. The minimum absolute atomic E-state index is 0.255. The molecule has 0 aliphatic rings. The van der Waals surface area contributed by atoms with Crippen LogP contribution in [0.15, 0.2) is 45.7 Å². The van der Waals surface area contributed by atoms with Crippen LogP contribution in [0.3, 0.4) is 0 Å². The molecule has 2 aromatic carbocycles. The smallest absolute Gasteiger partial charge is 0.350 e. The van der Waals surface area contributed by atoms with Gasteiger partial charge < -0.3 is 10.5 Å². The zero-order valence-electron chi connectivity index (χ0n) is 18.9. The summed E-state index contributed by atoms with van der Waals surface area (Å²) in [5, 5.41) is 4.40. The van der Waals surface area contributed by atoms with E-state index in [0.29, 0.717) is 12.2 Å². The number of ether oxygens (including phenoxy) is 1. The third-order valence-electron chi connectivity index (χ3n) is 5.40. The van der Waals surface area contributed by atoms with Crippen LogP contribution in [0.25, 0.3) is 5.69 Å². The molecule has 1 heterocycles. The molecule has 0 atom stereocenters. The van der Waals surface area contributed by atoms with Gasteiger partial charge in [0.2, 0.25) is 0 Å². The molecule has 0 fully saturated rings. The number of benzene rings is 2. The number of unbranched alkanes of at least 4 members (excludes halogenated alkanes) is 5. The lowest BCUT2D eigenvalue weighted by Gasteiger charge is -2.10. The molecule has 7 nitrogen and oxygen atoms in total. The molecule has 0 unspecified atom stereocenters. The van der Waals surface area contributed by atoms with E-state index in [2.05, 4.69) is 28.0 Å². The highest BCUT2D eigenvalue weighted by atomic mass is 79.9. The van der Waals surface area contributed by atoms with Gasteiger partial charge in [-0.15, -0.1) is 5.10 Å². The van der Waals surface area contributed by atoms with Crippen molar-refractivity contribution in [3.05, 3.63) is 74.4 Å². The number of carbonyl (C=O) groups is 1. The first-order chi connectivity index (χ1) is 16.3. The van der Waals surface area contributed by atoms with Crippen LogP contribution in [-0.2, 0) is 13.2 Å². The maximum Gasteiger partial charge on any atom is 0.350 e. The van der Waals surface area contributed by atoms with E-state index in [-0.39, 0.29) is 23.9 Å². The van der Waals surface area contributed by atoms with Crippen LogP contribution < -0.4 is 16.2 Å². The number of halogens is 3. The Hall–Kier alpha value is -3.01. The van der Waals surface area contributed by atoms with E-state index in [0.717, 1.165) is 48.7 Å². The lowest BCUT2D eigenvalue weighted by molar-refractivity contribution is 0.0991. The molecule has 3 rings (SSSR count). The van der Waals surface area contributed by atoms with E-state index < -0.39 is 23.1 Å². The number of amides is 1. The second-order valence-electron chi connectivity index (χ2n) is 7.89. The average Bonchev–Trinajstić information content (AvgIpc) is 3.11. The molecule has 0 spiro atoms. The van der Waals surface area contributed by atoms with Crippen LogP contribution in [0.1, 0.15) is 61.6 Å². The molecule has 0 aliphatic carbocycles. The third kappa shape index (κ3) is 6.11. The maximum atomic E-state index is 14.6. The molecule has 0 saturated carbocycles. The Morgan fingerprint density at radius 2 is 1.74 bits per heavy atom. The van der Waals surface area contributed by atoms with E-state index in [1.54, 1.807) is 24.3 Å². The molecular formula is C24H27BrF2N4O3. The zero-order chi connectivity index (χ0) is 24.7. The Morgan fingerprint density at radius 3 is 2.41 bits per heavy atom. The fraction of sp³-hybridized carbons (Fsp3) is 0.375. The van der Waals surface area contributed by atoms with Gasteiger partial charge in [-0.2, -0.15) is 4.68 Å². The number of rotatable bonds is 12. The van der Waals surface area contributed by atoms with E-state index in [4.69, 9.17) is 10.5 Å². The topological polar surface area (TPSA) is 92.1 Å². The third-order valence-corrected chi connectivity index (χ3v) is 5.93. The van der Waals surface area contributed by atoms with Crippen molar-refractivity contribution >= 4 is 21.8 Å². The van der Waals surface area contributed by atoms with Crippen molar-refractivity contribution in [2.24, 2.45) is 5.73 Å². The summed E-state index contributed by atoms with van der Waals surface area (Å²) in [7, 11) is 0. The molecule has 3 aromatic rings. The molecular weight excluding hydrogens is 510 g/mol.